The van der Waals surface area contributed by atoms with Gasteiger partial charge in [-0.25, -0.2) is 0 Å². The first-order valence-electron chi connectivity index (χ1n) is 12.6. The highest BCUT2D eigenvalue weighted by molar-refractivity contribution is 6.07. The number of rotatable bonds is 3. The molecule has 33 heavy (non-hydrogen) atoms. The SMILES string of the molecule is CCN1C(=O)C2CN(c3ccccc3)C3(CCN(C4CCCc5ccccc54)CC3)C2C1=O. The number of anilines is 1. The van der Waals surface area contributed by atoms with Gasteiger partial charge < -0.3 is 4.90 Å². The number of aryl methyl sites for hydroxylation is 1. The first-order chi connectivity index (χ1) is 16.1. The summed E-state index contributed by atoms with van der Waals surface area (Å²) in [5.74, 6) is -0.332. The Labute approximate surface area is 196 Å². The third-order valence-corrected chi connectivity index (χ3v) is 8.84. The number of piperidine rings is 1. The lowest BCUT2D eigenvalue weighted by Crippen LogP contribution is -2.58. The van der Waals surface area contributed by atoms with Crippen molar-refractivity contribution in [3.63, 3.8) is 0 Å². The zero-order valence-electron chi connectivity index (χ0n) is 19.5. The first-order valence-corrected chi connectivity index (χ1v) is 12.6. The van der Waals surface area contributed by atoms with Crippen LogP contribution in [-0.2, 0) is 16.0 Å². The number of imide groups is 1. The van der Waals surface area contributed by atoms with E-state index in [-0.39, 0.29) is 29.2 Å². The van der Waals surface area contributed by atoms with E-state index in [0.717, 1.165) is 31.6 Å². The lowest BCUT2D eigenvalue weighted by atomic mass is 9.73. The summed E-state index contributed by atoms with van der Waals surface area (Å²) in [7, 11) is 0. The normalized spacial score (nSPS) is 28.9. The van der Waals surface area contributed by atoms with Crippen LogP contribution in [0.1, 0.15) is 49.8 Å². The van der Waals surface area contributed by atoms with E-state index in [4.69, 9.17) is 0 Å². The van der Waals surface area contributed by atoms with E-state index in [0.29, 0.717) is 19.1 Å². The molecule has 4 aliphatic rings. The molecule has 1 aliphatic carbocycles. The molecule has 0 radical (unpaired) electrons. The van der Waals surface area contributed by atoms with Gasteiger partial charge in [-0.15, -0.1) is 0 Å². The van der Waals surface area contributed by atoms with Gasteiger partial charge in [-0.05, 0) is 62.3 Å². The molecule has 0 saturated carbocycles. The molecule has 6 rings (SSSR count). The van der Waals surface area contributed by atoms with Crippen LogP contribution < -0.4 is 4.90 Å². The van der Waals surface area contributed by atoms with Crippen molar-refractivity contribution in [2.45, 2.75) is 50.6 Å². The third-order valence-electron chi connectivity index (χ3n) is 8.84. The molecule has 0 N–H and O–H groups in total. The maximum absolute atomic E-state index is 13.5. The van der Waals surface area contributed by atoms with Gasteiger partial charge in [-0.2, -0.15) is 0 Å². The summed E-state index contributed by atoms with van der Waals surface area (Å²) in [5, 5.41) is 0. The molecule has 3 aliphatic heterocycles. The number of hydrogen-bond donors (Lipinski definition) is 0. The number of amides is 2. The minimum absolute atomic E-state index is 0.0361. The summed E-state index contributed by atoms with van der Waals surface area (Å²) < 4.78 is 0. The molecule has 0 bridgehead atoms. The first kappa shape index (κ1) is 20.9. The van der Waals surface area contributed by atoms with Gasteiger partial charge in [0.1, 0.15) is 0 Å². The quantitative estimate of drug-likeness (QED) is 0.672. The highest BCUT2D eigenvalue weighted by Gasteiger charge is 2.64. The fraction of sp³-hybridized carbons (Fsp3) is 0.500. The minimum Gasteiger partial charge on any atom is -0.364 e. The number of likely N-dealkylation sites (tertiary alicyclic amines) is 2. The zero-order chi connectivity index (χ0) is 22.6. The number of fused-ring (bicyclic) bond motifs is 3. The van der Waals surface area contributed by atoms with Crippen LogP contribution in [0.15, 0.2) is 54.6 Å². The lowest BCUT2D eigenvalue weighted by molar-refractivity contribution is -0.140. The van der Waals surface area contributed by atoms with Crippen LogP contribution in [0.2, 0.25) is 0 Å². The summed E-state index contributed by atoms with van der Waals surface area (Å²) in [6.07, 6.45) is 5.48. The monoisotopic (exact) mass is 443 g/mol. The molecule has 0 aromatic heterocycles. The molecule has 5 nitrogen and oxygen atoms in total. The highest BCUT2D eigenvalue weighted by atomic mass is 16.2. The number of benzene rings is 2. The molecule has 3 heterocycles. The van der Waals surface area contributed by atoms with Gasteiger partial charge in [0.15, 0.2) is 0 Å². The molecule has 3 unspecified atom stereocenters. The Kier molecular flexibility index (Phi) is 5.06. The highest BCUT2D eigenvalue weighted by Crippen LogP contribution is 2.52. The average molecular weight is 444 g/mol. The van der Waals surface area contributed by atoms with Gasteiger partial charge >= 0.3 is 0 Å². The summed E-state index contributed by atoms with van der Waals surface area (Å²) in [4.78, 5) is 33.2. The summed E-state index contributed by atoms with van der Waals surface area (Å²) in [5.41, 5.74) is 3.86. The second kappa shape index (κ2) is 7.98. The zero-order valence-corrected chi connectivity index (χ0v) is 19.5. The van der Waals surface area contributed by atoms with Crippen LogP contribution in [0.4, 0.5) is 5.69 Å². The van der Waals surface area contributed by atoms with E-state index in [1.54, 1.807) is 0 Å². The fourth-order valence-electron chi connectivity index (χ4n) is 7.32. The van der Waals surface area contributed by atoms with Crippen LogP contribution in [-0.4, -0.2) is 53.3 Å². The van der Waals surface area contributed by atoms with Gasteiger partial charge in [-0.3, -0.25) is 19.4 Å². The summed E-state index contributed by atoms with van der Waals surface area (Å²) in [6, 6.07) is 19.8. The fourth-order valence-corrected chi connectivity index (χ4v) is 7.32. The van der Waals surface area contributed by atoms with Crippen molar-refractivity contribution in [1.29, 1.82) is 0 Å². The van der Waals surface area contributed by atoms with Gasteiger partial charge in [-0.1, -0.05) is 42.5 Å². The second-order valence-electron chi connectivity index (χ2n) is 10.2. The Morgan fingerprint density at radius 3 is 2.42 bits per heavy atom. The Morgan fingerprint density at radius 2 is 1.67 bits per heavy atom. The molecule has 1 spiro atoms. The largest absolute Gasteiger partial charge is 0.364 e. The van der Waals surface area contributed by atoms with E-state index in [9.17, 15) is 9.59 Å². The summed E-state index contributed by atoms with van der Waals surface area (Å²) >= 11 is 0. The van der Waals surface area contributed by atoms with Crippen molar-refractivity contribution in [2.24, 2.45) is 11.8 Å². The van der Waals surface area contributed by atoms with E-state index >= 15 is 0 Å². The van der Waals surface area contributed by atoms with E-state index in [2.05, 4.69) is 58.3 Å². The predicted octanol–water partition coefficient (Wildman–Crippen LogP) is 4.04. The minimum atomic E-state index is -0.270. The standard InChI is InChI=1S/C28H33N3O2/c1-2-30-26(32)23-19-31(21-11-4-3-5-12-21)28(25(23)27(30)33)15-17-29(18-16-28)24-14-8-10-20-9-6-7-13-22(20)24/h3-7,9,11-13,23-25H,2,8,10,14-19H2,1H3. The number of hydrogen-bond acceptors (Lipinski definition) is 4. The Morgan fingerprint density at radius 1 is 0.939 bits per heavy atom. The molecule has 3 atom stereocenters. The van der Waals surface area contributed by atoms with Gasteiger partial charge in [0.2, 0.25) is 11.8 Å². The molecule has 3 saturated heterocycles. The average Bonchev–Trinajstić information content (AvgIpc) is 3.31. The molecule has 172 valence electrons. The Hall–Kier alpha value is -2.66. The van der Waals surface area contributed by atoms with E-state index < -0.39 is 0 Å². The topological polar surface area (TPSA) is 43.9 Å². The summed E-state index contributed by atoms with van der Waals surface area (Å²) in [6.45, 7) is 5.00. The van der Waals surface area contributed by atoms with Crippen LogP contribution >= 0.6 is 0 Å². The molecular weight excluding hydrogens is 410 g/mol. The number of carbonyl (C=O) groups is 2. The van der Waals surface area contributed by atoms with Gasteiger partial charge in [0.05, 0.1) is 17.4 Å². The second-order valence-corrected chi connectivity index (χ2v) is 10.2. The van der Waals surface area contributed by atoms with Crippen LogP contribution in [0, 0.1) is 11.8 Å². The molecule has 2 aromatic carbocycles. The lowest BCUT2D eigenvalue weighted by Gasteiger charge is -2.50. The van der Waals surface area contributed by atoms with Crippen molar-refractivity contribution in [3.8, 4) is 0 Å². The molecular formula is C28H33N3O2. The molecule has 5 heteroatoms. The van der Waals surface area contributed by atoms with Crippen molar-refractivity contribution in [1.82, 2.24) is 9.80 Å². The number of para-hydroxylation sites is 1. The molecule has 2 amide bonds. The van der Waals surface area contributed by atoms with Crippen molar-refractivity contribution < 1.29 is 9.59 Å². The van der Waals surface area contributed by atoms with Crippen molar-refractivity contribution in [2.75, 3.05) is 31.1 Å². The van der Waals surface area contributed by atoms with Crippen LogP contribution in [0.25, 0.3) is 0 Å². The van der Waals surface area contributed by atoms with Crippen molar-refractivity contribution >= 4 is 17.5 Å². The van der Waals surface area contributed by atoms with Crippen LogP contribution in [0.3, 0.4) is 0 Å². The Bertz CT molecular complexity index is 1060. The maximum Gasteiger partial charge on any atom is 0.235 e. The molecule has 3 fully saturated rings. The van der Waals surface area contributed by atoms with E-state index in [1.807, 2.05) is 13.0 Å². The molecule has 2 aromatic rings. The van der Waals surface area contributed by atoms with Crippen LogP contribution in [0.5, 0.6) is 0 Å². The number of carbonyl (C=O) groups excluding carboxylic acids is 2. The predicted molar refractivity (Wildman–Crippen MR) is 129 cm³/mol. The smallest absolute Gasteiger partial charge is 0.235 e. The maximum atomic E-state index is 13.5. The van der Waals surface area contributed by atoms with Gasteiger partial charge in [0.25, 0.3) is 0 Å². The Balaban J connectivity index is 1.32. The third kappa shape index (κ3) is 3.08. The van der Waals surface area contributed by atoms with E-state index in [1.165, 1.54) is 35.3 Å². The number of nitrogens with zero attached hydrogens (tertiary/aromatic N) is 3. The van der Waals surface area contributed by atoms with Crippen molar-refractivity contribution in [3.05, 3.63) is 65.7 Å². The van der Waals surface area contributed by atoms with Gasteiger partial charge in [0, 0.05) is 37.9 Å².